The second-order valence-electron chi connectivity index (χ2n) is 4.52. The number of benzene rings is 1. The van der Waals surface area contributed by atoms with E-state index < -0.39 is 11.7 Å². The number of nitrogens with one attached hydrogen (secondary N) is 1. The van der Waals surface area contributed by atoms with Crippen molar-refractivity contribution in [3.05, 3.63) is 50.4 Å². The number of hydrogen-bond acceptors (Lipinski definition) is 3. The van der Waals surface area contributed by atoms with E-state index in [1.165, 1.54) is 23.5 Å². The predicted molar refractivity (Wildman–Crippen MR) is 81.4 cm³/mol. The first-order valence-electron chi connectivity index (χ1n) is 6.39. The minimum absolute atomic E-state index is 0.188. The van der Waals surface area contributed by atoms with E-state index in [0.29, 0.717) is 23.0 Å². The molecule has 0 bridgehead atoms. The fraction of sp³-hybridized carbons (Fsp3) is 0.357. The van der Waals surface area contributed by atoms with Gasteiger partial charge in [-0.3, -0.25) is 4.98 Å². The van der Waals surface area contributed by atoms with E-state index in [-0.39, 0.29) is 6.04 Å². The fourth-order valence-corrected chi connectivity index (χ4v) is 3.23. The minimum Gasteiger partial charge on any atom is -0.310 e. The Bertz CT molecular complexity index is 584. The molecule has 1 aromatic carbocycles. The summed E-state index contributed by atoms with van der Waals surface area (Å²) in [7, 11) is 0. The first-order valence-corrected chi connectivity index (χ1v) is 8.06. The molecule has 2 rings (SSSR count). The van der Waals surface area contributed by atoms with Crippen LogP contribution >= 0.6 is 27.3 Å². The molecule has 0 amide bonds. The van der Waals surface area contributed by atoms with Crippen molar-refractivity contribution in [2.75, 3.05) is 6.54 Å². The maximum atomic E-state index is 12.9. The molecule has 0 aliphatic carbocycles. The standard InChI is InChI=1S/C14H14BrF3N2S/c1-2-20-13(6-10-7-19-8-21-10)11-5-9(14(16,17)18)3-4-12(11)15/h3-5,7-8,13,20H,2,6H2,1H3. The first kappa shape index (κ1) is 16.5. The molecule has 2 nitrogen and oxygen atoms in total. The molecular formula is C14H14BrF3N2S. The first-order chi connectivity index (χ1) is 9.91. The van der Waals surface area contributed by atoms with E-state index in [2.05, 4.69) is 26.2 Å². The van der Waals surface area contributed by atoms with Crippen molar-refractivity contribution < 1.29 is 13.2 Å². The van der Waals surface area contributed by atoms with E-state index >= 15 is 0 Å². The number of hydrogen-bond donors (Lipinski definition) is 1. The molecule has 7 heteroatoms. The Kier molecular flexibility index (Phi) is 5.40. The summed E-state index contributed by atoms with van der Waals surface area (Å²) in [5.74, 6) is 0. The zero-order chi connectivity index (χ0) is 15.5. The quantitative estimate of drug-likeness (QED) is 0.806. The Balaban J connectivity index is 2.34. The molecule has 0 spiro atoms. The van der Waals surface area contributed by atoms with Crippen molar-refractivity contribution in [3.63, 3.8) is 0 Å². The van der Waals surface area contributed by atoms with E-state index in [1.807, 2.05) is 6.92 Å². The van der Waals surface area contributed by atoms with Crippen LogP contribution in [-0.4, -0.2) is 11.5 Å². The summed E-state index contributed by atoms with van der Waals surface area (Å²) in [6.45, 7) is 2.60. The van der Waals surface area contributed by atoms with Gasteiger partial charge in [0.25, 0.3) is 0 Å². The second kappa shape index (κ2) is 6.89. The van der Waals surface area contributed by atoms with Crippen LogP contribution in [0.2, 0.25) is 0 Å². The Hall–Kier alpha value is -0.920. The van der Waals surface area contributed by atoms with Crippen molar-refractivity contribution in [1.82, 2.24) is 10.3 Å². The lowest BCUT2D eigenvalue weighted by molar-refractivity contribution is -0.137. The third-order valence-corrected chi connectivity index (χ3v) is 4.56. The van der Waals surface area contributed by atoms with Gasteiger partial charge in [-0.15, -0.1) is 11.3 Å². The van der Waals surface area contributed by atoms with Gasteiger partial charge in [0, 0.05) is 28.0 Å². The summed E-state index contributed by atoms with van der Waals surface area (Å²) in [5, 5.41) is 3.24. The van der Waals surface area contributed by atoms with Crippen LogP contribution in [0.4, 0.5) is 13.2 Å². The monoisotopic (exact) mass is 378 g/mol. The van der Waals surface area contributed by atoms with E-state index in [1.54, 1.807) is 11.7 Å². The van der Waals surface area contributed by atoms with Gasteiger partial charge in [0.1, 0.15) is 0 Å². The Morgan fingerprint density at radius 3 is 2.71 bits per heavy atom. The van der Waals surface area contributed by atoms with Gasteiger partial charge in [0.15, 0.2) is 0 Å². The Morgan fingerprint density at radius 1 is 1.38 bits per heavy atom. The number of thiazole rings is 1. The molecule has 0 saturated heterocycles. The van der Waals surface area contributed by atoms with Crippen molar-refractivity contribution in [2.24, 2.45) is 0 Å². The third kappa shape index (κ3) is 4.28. The van der Waals surface area contributed by atoms with Crippen LogP contribution in [0.5, 0.6) is 0 Å². The van der Waals surface area contributed by atoms with Crippen LogP contribution in [0.25, 0.3) is 0 Å². The summed E-state index contributed by atoms with van der Waals surface area (Å²) in [6.07, 6.45) is -1.98. The SMILES string of the molecule is CCNC(Cc1cncs1)c1cc(C(F)(F)F)ccc1Br. The highest BCUT2D eigenvalue weighted by Gasteiger charge is 2.31. The second-order valence-corrected chi connectivity index (χ2v) is 6.34. The van der Waals surface area contributed by atoms with Gasteiger partial charge in [-0.05, 0) is 30.3 Å². The van der Waals surface area contributed by atoms with Crippen LogP contribution in [-0.2, 0) is 12.6 Å². The van der Waals surface area contributed by atoms with E-state index in [0.717, 1.165) is 10.9 Å². The van der Waals surface area contributed by atoms with Crippen molar-refractivity contribution >= 4 is 27.3 Å². The molecule has 1 heterocycles. The topological polar surface area (TPSA) is 24.9 Å². The molecule has 1 unspecified atom stereocenters. The zero-order valence-electron chi connectivity index (χ0n) is 11.2. The van der Waals surface area contributed by atoms with Crippen molar-refractivity contribution in [2.45, 2.75) is 25.6 Å². The van der Waals surface area contributed by atoms with Crippen LogP contribution in [0.3, 0.4) is 0 Å². The lowest BCUT2D eigenvalue weighted by atomic mass is 10.0. The Labute approximate surface area is 133 Å². The van der Waals surface area contributed by atoms with Crippen molar-refractivity contribution in [3.8, 4) is 0 Å². The molecule has 2 aromatic rings. The highest BCUT2D eigenvalue weighted by Crippen LogP contribution is 2.35. The zero-order valence-corrected chi connectivity index (χ0v) is 13.6. The molecule has 1 aromatic heterocycles. The number of rotatable bonds is 5. The smallest absolute Gasteiger partial charge is 0.310 e. The normalized spacial score (nSPS) is 13.4. The summed E-state index contributed by atoms with van der Waals surface area (Å²) >= 11 is 4.85. The molecule has 21 heavy (non-hydrogen) atoms. The molecule has 0 aliphatic heterocycles. The summed E-state index contributed by atoms with van der Waals surface area (Å²) in [6, 6.07) is 3.56. The third-order valence-electron chi connectivity index (χ3n) is 3.04. The molecule has 1 atom stereocenters. The number of likely N-dealkylation sites (N-methyl/N-ethyl adjacent to an activating group) is 1. The van der Waals surface area contributed by atoms with Gasteiger partial charge in [0.05, 0.1) is 11.1 Å². The minimum atomic E-state index is -4.34. The van der Waals surface area contributed by atoms with Crippen molar-refractivity contribution in [1.29, 1.82) is 0 Å². The van der Waals surface area contributed by atoms with Gasteiger partial charge >= 0.3 is 6.18 Å². The number of alkyl halides is 3. The molecule has 0 fully saturated rings. The molecular weight excluding hydrogens is 365 g/mol. The van der Waals surface area contributed by atoms with Gasteiger partial charge in [-0.1, -0.05) is 22.9 Å². The summed E-state index contributed by atoms with van der Waals surface area (Å²) < 4.78 is 39.3. The number of halogens is 4. The summed E-state index contributed by atoms with van der Waals surface area (Å²) in [5.41, 5.74) is 1.70. The maximum Gasteiger partial charge on any atom is 0.416 e. The van der Waals surface area contributed by atoms with Gasteiger partial charge in [-0.25, -0.2) is 0 Å². The predicted octanol–water partition coefficient (Wildman–Crippen LogP) is 4.82. The molecule has 0 radical (unpaired) electrons. The number of nitrogens with zero attached hydrogens (tertiary/aromatic N) is 1. The molecule has 114 valence electrons. The average molecular weight is 379 g/mol. The van der Waals surface area contributed by atoms with Gasteiger partial charge in [-0.2, -0.15) is 13.2 Å². The number of aromatic nitrogens is 1. The van der Waals surface area contributed by atoms with E-state index in [9.17, 15) is 13.2 Å². The Morgan fingerprint density at radius 2 is 2.14 bits per heavy atom. The van der Waals surface area contributed by atoms with Crippen LogP contribution in [0.15, 0.2) is 34.4 Å². The van der Waals surface area contributed by atoms with Crippen LogP contribution < -0.4 is 5.32 Å². The molecule has 0 aliphatic rings. The highest BCUT2D eigenvalue weighted by atomic mass is 79.9. The lowest BCUT2D eigenvalue weighted by Crippen LogP contribution is -2.23. The largest absolute Gasteiger partial charge is 0.416 e. The average Bonchev–Trinajstić information content (AvgIpc) is 2.90. The highest BCUT2D eigenvalue weighted by molar-refractivity contribution is 9.10. The lowest BCUT2D eigenvalue weighted by Gasteiger charge is -2.20. The summed E-state index contributed by atoms with van der Waals surface area (Å²) in [4.78, 5) is 5.04. The van der Waals surface area contributed by atoms with Crippen LogP contribution in [0, 0.1) is 0 Å². The molecule has 0 saturated carbocycles. The maximum absolute atomic E-state index is 12.9. The van der Waals surface area contributed by atoms with Gasteiger partial charge in [0.2, 0.25) is 0 Å². The van der Waals surface area contributed by atoms with Crippen LogP contribution in [0.1, 0.15) is 29.0 Å². The van der Waals surface area contributed by atoms with Gasteiger partial charge < -0.3 is 5.32 Å². The molecule has 1 N–H and O–H groups in total. The fourth-order valence-electron chi connectivity index (χ4n) is 2.07. The van der Waals surface area contributed by atoms with E-state index in [4.69, 9.17) is 0 Å².